The Morgan fingerprint density at radius 3 is 2.76 bits per heavy atom. The summed E-state index contributed by atoms with van der Waals surface area (Å²) in [5.74, 6) is 0.0690. The van der Waals surface area contributed by atoms with Crippen LogP contribution < -0.4 is 10.1 Å². The highest BCUT2D eigenvalue weighted by molar-refractivity contribution is 5.93. The minimum absolute atomic E-state index is 0.204. The molecule has 2 heterocycles. The Balaban J connectivity index is 1.54. The summed E-state index contributed by atoms with van der Waals surface area (Å²) in [5, 5.41) is 21.5. The summed E-state index contributed by atoms with van der Waals surface area (Å²) < 4.78 is 5.89. The molecule has 1 aromatic heterocycles. The highest BCUT2D eigenvalue weighted by Crippen LogP contribution is 2.37. The molecule has 3 aromatic rings. The number of nitrogens with zero attached hydrogens (tertiary/aromatic N) is 2. The summed E-state index contributed by atoms with van der Waals surface area (Å²) >= 11 is 0. The van der Waals surface area contributed by atoms with Gasteiger partial charge < -0.3 is 15.2 Å². The van der Waals surface area contributed by atoms with Gasteiger partial charge in [-0.1, -0.05) is 24.3 Å². The number of carboxylic acids is 1. The molecule has 0 aliphatic carbocycles. The van der Waals surface area contributed by atoms with Crippen molar-refractivity contribution in [2.75, 3.05) is 18.5 Å². The Bertz CT molecular complexity index is 1090. The van der Waals surface area contributed by atoms with Gasteiger partial charge in [-0.25, -0.2) is 4.79 Å². The number of aromatic carboxylic acids is 1. The lowest BCUT2D eigenvalue weighted by Crippen LogP contribution is -2.21. The molecule has 0 saturated heterocycles. The SMILES string of the molecule is N#Cc1ccc(-c2ccc3c(c2)OCCC3CNc2cnccc2C(=O)O)cc1. The number of hydrogen-bond donors (Lipinski definition) is 2. The summed E-state index contributed by atoms with van der Waals surface area (Å²) in [7, 11) is 0. The Kier molecular flexibility index (Phi) is 5.12. The van der Waals surface area contributed by atoms with E-state index in [-0.39, 0.29) is 11.5 Å². The van der Waals surface area contributed by atoms with Crippen LogP contribution in [0.2, 0.25) is 0 Å². The van der Waals surface area contributed by atoms with E-state index in [1.807, 2.05) is 18.2 Å². The van der Waals surface area contributed by atoms with Crippen LogP contribution in [0.3, 0.4) is 0 Å². The average Bonchev–Trinajstić information content (AvgIpc) is 2.77. The third kappa shape index (κ3) is 3.90. The van der Waals surface area contributed by atoms with Crippen molar-refractivity contribution in [1.82, 2.24) is 4.98 Å². The first-order valence-electron chi connectivity index (χ1n) is 9.34. The van der Waals surface area contributed by atoms with Gasteiger partial charge in [0.15, 0.2) is 0 Å². The molecule has 0 bridgehead atoms. The standard InChI is InChI=1S/C23H19N3O3/c24-12-15-1-3-16(4-2-15)17-5-6-19-18(8-10-29-22(19)11-17)13-26-21-14-25-9-7-20(21)23(27)28/h1-7,9,11,14,18,26H,8,10,13H2,(H,27,28). The number of anilines is 1. The number of carbonyl (C=O) groups is 1. The Morgan fingerprint density at radius 2 is 2.00 bits per heavy atom. The normalized spacial score (nSPS) is 14.9. The largest absolute Gasteiger partial charge is 0.493 e. The predicted molar refractivity (Wildman–Crippen MR) is 109 cm³/mol. The summed E-state index contributed by atoms with van der Waals surface area (Å²) in [6.07, 6.45) is 3.86. The highest BCUT2D eigenvalue weighted by atomic mass is 16.5. The van der Waals surface area contributed by atoms with E-state index in [0.717, 1.165) is 28.9 Å². The van der Waals surface area contributed by atoms with Gasteiger partial charge in [0.1, 0.15) is 5.75 Å². The lowest BCUT2D eigenvalue weighted by molar-refractivity contribution is 0.0697. The minimum Gasteiger partial charge on any atom is -0.493 e. The molecule has 0 amide bonds. The van der Waals surface area contributed by atoms with Gasteiger partial charge in [0.05, 0.1) is 35.7 Å². The number of rotatable bonds is 5. The molecule has 0 fully saturated rings. The van der Waals surface area contributed by atoms with Crippen molar-refractivity contribution in [2.24, 2.45) is 0 Å². The first-order valence-corrected chi connectivity index (χ1v) is 9.34. The molecular weight excluding hydrogens is 366 g/mol. The second kappa shape index (κ2) is 8.03. The molecule has 1 aliphatic heterocycles. The van der Waals surface area contributed by atoms with Crippen LogP contribution in [0.25, 0.3) is 11.1 Å². The molecular formula is C23H19N3O3. The molecule has 29 heavy (non-hydrogen) atoms. The zero-order chi connectivity index (χ0) is 20.2. The quantitative estimate of drug-likeness (QED) is 0.680. The maximum Gasteiger partial charge on any atom is 0.337 e. The molecule has 1 aliphatic rings. The lowest BCUT2D eigenvalue weighted by Gasteiger charge is -2.27. The third-order valence-electron chi connectivity index (χ3n) is 5.11. The zero-order valence-electron chi connectivity index (χ0n) is 15.6. The number of hydrogen-bond acceptors (Lipinski definition) is 5. The Labute approximate surface area is 168 Å². The van der Waals surface area contributed by atoms with E-state index < -0.39 is 5.97 Å². The number of nitriles is 1. The number of benzene rings is 2. The van der Waals surface area contributed by atoms with Crippen LogP contribution in [0.4, 0.5) is 5.69 Å². The molecule has 0 spiro atoms. The van der Waals surface area contributed by atoms with E-state index in [1.54, 1.807) is 12.1 Å². The molecule has 6 nitrogen and oxygen atoms in total. The molecule has 4 rings (SSSR count). The monoisotopic (exact) mass is 385 g/mol. The number of fused-ring (bicyclic) bond motifs is 1. The molecule has 1 atom stereocenters. The summed E-state index contributed by atoms with van der Waals surface area (Å²) in [6, 6.07) is 17.2. The second-order valence-corrected chi connectivity index (χ2v) is 6.88. The number of carboxylic acid groups (broad SMARTS) is 1. The van der Waals surface area contributed by atoms with Crippen molar-refractivity contribution in [3.63, 3.8) is 0 Å². The lowest BCUT2D eigenvalue weighted by atomic mass is 9.91. The van der Waals surface area contributed by atoms with Gasteiger partial charge in [-0.15, -0.1) is 0 Å². The average molecular weight is 385 g/mol. The van der Waals surface area contributed by atoms with Crippen LogP contribution in [0.1, 0.15) is 33.8 Å². The molecule has 144 valence electrons. The first kappa shape index (κ1) is 18.5. The first-order chi connectivity index (χ1) is 14.2. The molecule has 0 saturated carbocycles. The van der Waals surface area contributed by atoms with Gasteiger partial charge in [-0.05, 0) is 47.4 Å². The van der Waals surface area contributed by atoms with E-state index in [0.29, 0.717) is 24.4 Å². The molecule has 2 N–H and O–H groups in total. The van der Waals surface area contributed by atoms with Crippen LogP contribution >= 0.6 is 0 Å². The Hall–Kier alpha value is -3.85. The molecule has 2 aromatic carbocycles. The van der Waals surface area contributed by atoms with E-state index >= 15 is 0 Å². The van der Waals surface area contributed by atoms with Crippen molar-refractivity contribution >= 4 is 11.7 Å². The second-order valence-electron chi connectivity index (χ2n) is 6.88. The van der Waals surface area contributed by atoms with E-state index in [4.69, 9.17) is 10.00 Å². The van der Waals surface area contributed by atoms with Gasteiger partial charge in [0, 0.05) is 18.7 Å². The van der Waals surface area contributed by atoms with Crippen molar-refractivity contribution in [1.29, 1.82) is 5.26 Å². The van der Waals surface area contributed by atoms with Gasteiger partial charge in [-0.2, -0.15) is 5.26 Å². The third-order valence-corrected chi connectivity index (χ3v) is 5.11. The van der Waals surface area contributed by atoms with Gasteiger partial charge >= 0.3 is 5.97 Å². The van der Waals surface area contributed by atoms with Crippen molar-refractivity contribution < 1.29 is 14.6 Å². The van der Waals surface area contributed by atoms with Crippen molar-refractivity contribution in [2.45, 2.75) is 12.3 Å². The fourth-order valence-electron chi connectivity index (χ4n) is 3.55. The molecule has 6 heteroatoms. The topological polar surface area (TPSA) is 95.2 Å². The summed E-state index contributed by atoms with van der Waals surface area (Å²) in [6.45, 7) is 1.20. The van der Waals surface area contributed by atoms with Crippen LogP contribution in [-0.2, 0) is 0 Å². The minimum atomic E-state index is -0.977. The maximum atomic E-state index is 11.4. The van der Waals surface area contributed by atoms with Crippen molar-refractivity contribution in [3.8, 4) is 22.9 Å². The maximum absolute atomic E-state index is 11.4. The van der Waals surface area contributed by atoms with E-state index in [1.165, 1.54) is 18.5 Å². The molecule has 1 unspecified atom stereocenters. The van der Waals surface area contributed by atoms with Gasteiger partial charge in [0.25, 0.3) is 0 Å². The smallest absolute Gasteiger partial charge is 0.337 e. The van der Waals surface area contributed by atoms with Crippen LogP contribution in [0.15, 0.2) is 60.9 Å². The zero-order valence-corrected chi connectivity index (χ0v) is 15.6. The van der Waals surface area contributed by atoms with E-state index in [9.17, 15) is 9.90 Å². The van der Waals surface area contributed by atoms with Gasteiger partial charge in [0.2, 0.25) is 0 Å². The number of aromatic nitrogens is 1. The predicted octanol–water partition coefficient (Wildman–Crippen LogP) is 4.30. The fraction of sp³-hybridized carbons (Fsp3) is 0.174. The molecule has 0 radical (unpaired) electrons. The van der Waals surface area contributed by atoms with Crippen LogP contribution in [-0.4, -0.2) is 29.2 Å². The summed E-state index contributed by atoms with van der Waals surface area (Å²) in [4.78, 5) is 15.4. The highest BCUT2D eigenvalue weighted by Gasteiger charge is 2.22. The Morgan fingerprint density at radius 1 is 1.21 bits per heavy atom. The van der Waals surface area contributed by atoms with E-state index in [2.05, 4.69) is 28.5 Å². The number of pyridine rings is 1. The number of ether oxygens (including phenoxy) is 1. The number of nitrogens with one attached hydrogen (secondary N) is 1. The van der Waals surface area contributed by atoms with Crippen molar-refractivity contribution in [3.05, 3.63) is 77.6 Å². The fourth-order valence-corrected chi connectivity index (χ4v) is 3.55. The van der Waals surface area contributed by atoms with Crippen LogP contribution in [0.5, 0.6) is 5.75 Å². The summed E-state index contributed by atoms with van der Waals surface area (Å²) in [5.41, 5.74) is 4.51. The van der Waals surface area contributed by atoms with Gasteiger partial charge in [-0.3, -0.25) is 4.98 Å². The van der Waals surface area contributed by atoms with Crippen LogP contribution in [0, 0.1) is 11.3 Å².